The van der Waals surface area contributed by atoms with Gasteiger partial charge in [-0.05, 0) is 49.9 Å². The first kappa shape index (κ1) is 24.4. The molecule has 0 unspecified atom stereocenters. The topological polar surface area (TPSA) is 0 Å². The van der Waals surface area contributed by atoms with Crippen LogP contribution in [0.25, 0.3) is 28.6 Å². The van der Waals surface area contributed by atoms with Crippen LogP contribution in [0.15, 0.2) is 24.3 Å². The monoisotopic (exact) mass is 502 g/mol. The largest absolute Gasteiger partial charge is 0.139 e. The molecule has 4 aromatic rings. The zero-order chi connectivity index (χ0) is 22.2. The van der Waals surface area contributed by atoms with Crippen LogP contribution in [0.3, 0.4) is 0 Å². The molecule has 32 heavy (non-hydrogen) atoms. The van der Waals surface area contributed by atoms with Gasteiger partial charge >= 0.3 is 0 Å². The SMILES string of the molecule is CCCCCCCCc1cc2sc(-c3cc4sc(CCCCCCCC)cc4s3)cc2s1. The average molecular weight is 503 g/mol. The molecule has 0 aliphatic carbocycles. The third-order valence-electron chi connectivity index (χ3n) is 6.31. The number of thiophene rings is 4. The Morgan fingerprint density at radius 3 is 1.22 bits per heavy atom. The van der Waals surface area contributed by atoms with Crippen molar-refractivity contribution in [2.45, 2.75) is 104 Å². The van der Waals surface area contributed by atoms with Gasteiger partial charge in [-0.3, -0.25) is 0 Å². The summed E-state index contributed by atoms with van der Waals surface area (Å²) in [5, 5.41) is 0. The van der Waals surface area contributed by atoms with Crippen molar-refractivity contribution in [1.29, 1.82) is 0 Å². The minimum Gasteiger partial charge on any atom is -0.139 e. The summed E-state index contributed by atoms with van der Waals surface area (Å²) in [6.07, 6.45) is 19.2. The smallest absolute Gasteiger partial charge is 0.0464 e. The van der Waals surface area contributed by atoms with Gasteiger partial charge in [-0.2, -0.15) is 0 Å². The second-order valence-corrected chi connectivity index (χ2v) is 13.6. The average Bonchev–Trinajstić information content (AvgIpc) is 3.52. The lowest BCUT2D eigenvalue weighted by Gasteiger charge is -1.99. The van der Waals surface area contributed by atoms with Crippen LogP contribution in [0.1, 0.15) is 101 Å². The fourth-order valence-electron chi connectivity index (χ4n) is 4.42. The van der Waals surface area contributed by atoms with Crippen LogP contribution < -0.4 is 0 Å². The summed E-state index contributed by atoms with van der Waals surface area (Å²) in [5.41, 5.74) is 0. The van der Waals surface area contributed by atoms with Crippen molar-refractivity contribution in [2.24, 2.45) is 0 Å². The third-order valence-corrected chi connectivity index (χ3v) is 11.2. The maximum Gasteiger partial charge on any atom is 0.0464 e. The highest BCUT2D eigenvalue weighted by Crippen LogP contribution is 2.44. The van der Waals surface area contributed by atoms with Crippen LogP contribution in [-0.2, 0) is 12.8 Å². The molecule has 0 radical (unpaired) electrons. The highest BCUT2D eigenvalue weighted by Gasteiger charge is 2.13. The molecule has 4 rings (SSSR count). The molecule has 0 saturated carbocycles. The lowest BCUT2D eigenvalue weighted by Crippen LogP contribution is -1.82. The van der Waals surface area contributed by atoms with E-state index in [2.05, 4.69) is 38.1 Å². The Labute approximate surface area is 210 Å². The number of hydrogen-bond acceptors (Lipinski definition) is 4. The van der Waals surface area contributed by atoms with Crippen molar-refractivity contribution in [3.05, 3.63) is 34.0 Å². The molecule has 0 bridgehead atoms. The minimum atomic E-state index is 1.27. The second-order valence-electron chi connectivity index (χ2n) is 9.14. The standard InChI is InChI=1S/C28H38S4/c1-3-5-7-9-11-13-15-21-17-23-25(29-21)19-27(31-23)28-20-26-24(32-28)18-22(30-26)16-14-12-10-8-6-4-2/h17-20H,3-16H2,1-2H3. The van der Waals surface area contributed by atoms with E-state index in [0.717, 1.165) is 0 Å². The summed E-state index contributed by atoms with van der Waals surface area (Å²) in [6, 6.07) is 9.83. The summed E-state index contributed by atoms with van der Waals surface area (Å²) in [7, 11) is 0. The van der Waals surface area contributed by atoms with Crippen molar-refractivity contribution in [2.75, 3.05) is 0 Å². The lowest BCUT2D eigenvalue weighted by molar-refractivity contribution is 0.609. The van der Waals surface area contributed by atoms with Crippen molar-refractivity contribution >= 4 is 64.1 Å². The number of hydrogen-bond donors (Lipinski definition) is 0. The van der Waals surface area contributed by atoms with E-state index in [1.807, 2.05) is 45.3 Å². The van der Waals surface area contributed by atoms with E-state index in [0.29, 0.717) is 0 Å². The Bertz CT molecular complexity index is 924. The van der Waals surface area contributed by atoms with Gasteiger partial charge in [0.25, 0.3) is 0 Å². The van der Waals surface area contributed by atoms with Crippen molar-refractivity contribution in [3.8, 4) is 9.75 Å². The Kier molecular flexibility index (Phi) is 9.69. The first-order valence-corrected chi connectivity index (χ1v) is 16.1. The number of aryl methyl sites for hydroxylation is 2. The van der Waals surface area contributed by atoms with E-state index in [1.165, 1.54) is 118 Å². The van der Waals surface area contributed by atoms with Gasteiger partial charge in [-0.25, -0.2) is 0 Å². The molecule has 0 spiro atoms. The van der Waals surface area contributed by atoms with Crippen LogP contribution in [0.4, 0.5) is 0 Å². The molecule has 4 aromatic heterocycles. The molecule has 4 heterocycles. The molecule has 174 valence electrons. The van der Waals surface area contributed by atoms with E-state index < -0.39 is 0 Å². The first-order valence-electron chi connectivity index (χ1n) is 12.8. The molecule has 4 heteroatoms. The van der Waals surface area contributed by atoms with Crippen LogP contribution in [0.2, 0.25) is 0 Å². The number of rotatable bonds is 15. The van der Waals surface area contributed by atoms with Gasteiger partial charge < -0.3 is 0 Å². The summed E-state index contributed by atoms with van der Waals surface area (Å²) in [4.78, 5) is 6.09. The minimum absolute atomic E-state index is 1.27. The Morgan fingerprint density at radius 1 is 0.438 bits per heavy atom. The van der Waals surface area contributed by atoms with E-state index in [-0.39, 0.29) is 0 Å². The molecule has 0 N–H and O–H groups in total. The molecule has 0 aliphatic rings. The van der Waals surface area contributed by atoms with Gasteiger partial charge in [0.05, 0.1) is 0 Å². The maximum absolute atomic E-state index is 2.47. The molecular weight excluding hydrogens is 465 g/mol. The zero-order valence-corrected chi connectivity index (χ0v) is 23.1. The number of fused-ring (bicyclic) bond motifs is 2. The maximum atomic E-state index is 2.47. The van der Waals surface area contributed by atoms with E-state index in [9.17, 15) is 0 Å². The van der Waals surface area contributed by atoms with Gasteiger partial charge in [0, 0.05) is 38.3 Å². The van der Waals surface area contributed by atoms with E-state index >= 15 is 0 Å². The molecule has 0 fully saturated rings. The Balaban J connectivity index is 1.29. The number of unbranched alkanes of at least 4 members (excludes halogenated alkanes) is 10. The van der Waals surface area contributed by atoms with Gasteiger partial charge in [0.15, 0.2) is 0 Å². The van der Waals surface area contributed by atoms with Crippen LogP contribution in [0.5, 0.6) is 0 Å². The Morgan fingerprint density at radius 2 is 0.812 bits per heavy atom. The van der Waals surface area contributed by atoms with Gasteiger partial charge in [0.1, 0.15) is 0 Å². The highest BCUT2D eigenvalue weighted by atomic mass is 32.1. The molecule has 0 amide bonds. The first-order chi connectivity index (χ1) is 15.8. The van der Waals surface area contributed by atoms with Crippen LogP contribution in [-0.4, -0.2) is 0 Å². The van der Waals surface area contributed by atoms with Gasteiger partial charge in [-0.15, -0.1) is 45.3 Å². The highest BCUT2D eigenvalue weighted by molar-refractivity contribution is 7.34. The van der Waals surface area contributed by atoms with E-state index in [4.69, 9.17) is 0 Å². The fraction of sp³-hybridized carbons (Fsp3) is 0.571. The molecule has 0 saturated heterocycles. The fourth-order valence-corrected chi connectivity index (χ4v) is 9.42. The van der Waals surface area contributed by atoms with Gasteiger partial charge in [-0.1, -0.05) is 78.1 Å². The predicted octanol–water partition coefficient (Wildman–Crippen LogP) is 11.7. The molecule has 0 aromatic carbocycles. The lowest BCUT2D eigenvalue weighted by atomic mass is 10.1. The zero-order valence-electron chi connectivity index (χ0n) is 19.8. The van der Waals surface area contributed by atoms with Crippen LogP contribution >= 0.6 is 45.3 Å². The Hall–Kier alpha value is -0.680. The second kappa shape index (κ2) is 12.7. The summed E-state index contributed by atoms with van der Waals surface area (Å²) < 4.78 is 5.97. The van der Waals surface area contributed by atoms with Gasteiger partial charge in [0.2, 0.25) is 0 Å². The van der Waals surface area contributed by atoms with E-state index in [1.54, 1.807) is 9.75 Å². The summed E-state index contributed by atoms with van der Waals surface area (Å²) in [5.74, 6) is 0. The third kappa shape index (κ3) is 6.68. The predicted molar refractivity (Wildman–Crippen MR) is 153 cm³/mol. The molecule has 0 aliphatic heterocycles. The van der Waals surface area contributed by atoms with Crippen molar-refractivity contribution in [1.82, 2.24) is 0 Å². The quantitative estimate of drug-likeness (QED) is 0.142. The summed E-state index contributed by atoms with van der Waals surface area (Å²) in [6.45, 7) is 4.58. The van der Waals surface area contributed by atoms with Crippen molar-refractivity contribution in [3.63, 3.8) is 0 Å². The molecule has 0 nitrogen and oxygen atoms in total. The summed E-state index contributed by atoms with van der Waals surface area (Å²) >= 11 is 8.04. The molecule has 0 atom stereocenters. The molecular formula is C28H38S4. The van der Waals surface area contributed by atoms with Crippen molar-refractivity contribution < 1.29 is 0 Å². The normalized spacial score (nSPS) is 11.9. The van der Waals surface area contributed by atoms with Crippen LogP contribution in [0, 0.1) is 0 Å².